The van der Waals surface area contributed by atoms with E-state index in [1.165, 1.54) is 0 Å². The number of hydrogen-bond donors (Lipinski definition) is 0. The van der Waals surface area contributed by atoms with E-state index in [2.05, 4.69) is 15.3 Å². The summed E-state index contributed by atoms with van der Waals surface area (Å²) in [5.41, 5.74) is 3.59. The van der Waals surface area contributed by atoms with Gasteiger partial charge in [0.25, 0.3) is 0 Å². The molecule has 5 heteroatoms. The van der Waals surface area contributed by atoms with Crippen molar-refractivity contribution in [1.29, 1.82) is 0 Å². The molecule has 0 aliphatic rings. The van der Waals surface area contributed by atoms with Crippen LogP contribution >= 0.6 is 11.6 Å². The Morgan fingerprint density at radius 1 is 0.864 bits per heavy atom. The maximum absolute atomic E-state index is 5.99. The predicted octanol–water partition coefficient (Wildman–Crippen LogP) is 4.14. The number of halogens is 1. The Morgan fingerprint density at radius 3 is 2.59 bits per heavy atom. The maximum Gasteiger partial charge on any atom is 0.156 e. The van der Waals surface area contributed by atoms with Crippen LogP contribution in [0.15, 0.2) is 66.7 Å². The van der Waals surface area contributed by atoms with Crippen LogP contribution in [-0.2, 0) is 0 Å². The summed E-state index contributed by atoms with van der Waals surface area (Å²) in [7, 11) is 0. The third-order valence-corrected chi connectivity index (χ3v) is 3.66. The molecule has 0 spiro atoms. The molecule has 2 aromatic heterocycles. The highest BCUT2D eigenvalue weighted by Crippen LogP contribution is 2.21. The van der Waals surface area contributed by atoms with Gasteiger partial charge in [0.2, 0.25) is 0 Å². The van der Waals surface area contributed by atoms with E-state index in [9.17, 15) is 0 Å². The van der Waals surface area contributed by atoms with Crippen molar-refractivity contribution in [2.24, 2.45) is 0 Å². The van der Waals surface area contributed by atoms with E-state index in [0.717, 1.165) is 28.1 Å². The maximum atomic E-state index is 5.99. The number of fused-ring (bicyclic) bond motifs is 1. The fraction of sp³-hybridized carbons (Fsp3) is 0. The third kappa shape index (κ3) is 2.23. The molecule has 0 fully saturated rings. The van der Waals surface area contributed by atoms with Crippen LogP contribution in [0.25, 0.3) is 28.1 Å². The Bertz CT molecular complexity index is 947. The van der Waals surface area contributed by atoms with Gasteiger partial charge in [-0.05, 0) is 30.3 Å². The highest BCUT2D eigenvalue weighted by atomic mass is 35.5. The van der Waals surface area contributed by atoms with Crippen LogP contribution in [0.4, 0.5) is 0 Å². The quantitative estimate of drug-likeness (QED) is 0.559. The molecule has 0 N–H and O–H groups in total. The molecule has 0 aliphatic carbocycles. The van der Waals surface area contributed by atoms with E-state index in [1.807, 2.05) is 60.7 Å². The second kappa shape index (κ2) is 5.24. The summed E-state index contributed by atoms with van der Waals surface area (Å²) in [6.45, 7) is 0. The Labute approximate surface area is 132 Å². The van der Waals surface area contributed by atoms with E-state index >= 15 is 0 Å². The number of hydrogen-bond acceptors (Lipinski definition) is 3. The summed E-state index contributed by atoms with van der Waals surface area (Å²) in [5.74, 6) is 0.728. The summed E-state index contributed by atoms with van der Waals surface area (Å²) < 4.78 is 1.72. The van der Waals surface area contributed by atoms with Gasteiger partial charge in [-0.2, -0.15) is 4.68 Å². The zero-order valence-corrected chi connectivity index (χ0v) is 12.3. The SMILES string of the molecule is Clc1ccc2c(c1)nnn2-c1cccc(-c2ccccc2)n1. The molecule has 22 heavy (non-hydrogen) atoms. The van der Waals surface area contributed by atoms with E-state index in [-0.39, 0.29) is 0 Å². The molecule has 2 heterocycles. The van der Waals surface area contributed by atoms with Crippen molar-refractivity contribution in [3.8, 4) is 17.1 Å². The summed E-state index contributed by atoms with van der Waals surface area (Å²) in [5, 5.41) is 8.98. The highest BCUT2D eigenvalue weighted by Gasteiger charge is 2.09. The molecule has 4 rings (SSSR count). The molecule has 106 valence electrons. The van der Waals surface area contributed by atoms with E-state index < -0.39 is 0 Å². The standard InChI is InChI=1S/C17H11ClN4/c18-13-9-10-16-15(11-13)20-21-22(16)17-8-4-7-14(19-17)12-5-2-1-3-6-12/h1-11H. The van der Waals surface area contributed by atoms with Crippen molar-refractivity contribution < 1.29 is 0 Å². The van der Waals surface area contributed by atoms with Crippen molar-refractivity contribution in [3.63, 3.8) is 0 Å². The zero-order chi connectivity index (χ0) is 14.9. The van der Waals surface area contributed by atoms with Gasteiger partial charge in [-0.25, -0.2) is 4.98 Å². The Hall–Kier alpha value is -2.72. The normalized spacial score (nSPS) is 11.0. The topological polar surface area (TPSA) is 43.6 Å². The van der Waals surface area contributed by atoms with Gasteiger partial charge in [-0.3, -0.25) is 0 Å². The fourth-order valence-corrected chi connectivity index (χ4v) is 2.54. The molecule has 0 bridgehead atoms. The minimum atomic E-state index is 0.644. The Balaban J connectivity index is 1.85. The second-order valence-corrected chi connectivity index (χ2v) is 5.32. The minimum Gasteiger partial charge on any atom is -0.229 e. The Morgan fingerprint density at radius 2 is 1.73 bits per heavy atom. The first kappa shape index (κ1) is 13.0. The van der Waals surface area contributed by atoms with Crippen LogP contribution in [-0.4, -0.2) is 20.0 Å². The van der Waals surface area contributed by atoms with Crippen LogP contribution in [0.5, 0.6) is 0 Å². The molecule has 4 aromatic rings. The number of nitrogens with zero attached hydrogens (tertiary/aromatic N) is 4. The van der Waals surface area contributed by atoms with E-state index in [1.54, 1.807) is 10.7 Å². The Kier molecular flexibility index (Phi) is 3.09. The molecule has 0 amide bonds. The van der Waals surface area contributed by atoms with Crippen LogP contribution in [0.3, 0.4) is 0 Å². The van der Waals surface area contributed by atoms with Crippen molar-refractivity contribution >= 4 is 22.6 Å². The summed E-state index contributed by atoms with van der Waals surface area (Å²) >= 11 is 5.99. The predicted molar refractivity (Wildman–Crippen MR) is 87.1 cm³/mol. The number of rotatable bonds is 2. The van der Waals surface area contributed by atoms with E-state index in [4.69, 9.17) is 11.6 Å². The molecule has 0 saturated carbocycles. The van der Waals surface area contributed by atoms with Gasteiger partial charge < -0.3 is 0 Å². The average molecular weight is 307 g/mol. The van der Waals surface area contributed by atoms with E-state index in [0.29, 0.717) is 5.02 Å². The highest BCUT2D eigenvalue weighted by molar-refractivity contribution is 6.31. The minimum absolute atomic E-state index is 0.644. The van der Waals surface area contributed by atoms with Crippen LogP contribution in [0.2, 0.25) is 5.02 Å². The van der Waals surface area contributed by atoms with Gasteiger partial charge >= 0.3 is 0 Å². The molecule has 0 atom stereocenters. The largest absolute Gasteiger partial charge is 0.229 e. The van der Waals surface area contributed by atoms with Crippen LogP contribution < -0.4 is 0 Å². The molecular formula is C17H11ClN4. The second-order valence-electron chi connectivity index (χ2n) is 4.88. The molecule has 0 radical (unpaired) electrons. The first-order chi connectivity index (χ1) is 10.8. The van der Waals surface area contributed by atoms with Crippen LogP contribution in [0.1, 0.15) is 0 Å². The van der Waals surface area contributed by atoms with Gasteiger partial charge in [0.15, 0.2) is 5.82 Å². The van der Waals surface area contributed by atoms with Crippen molar-refractivity contribution in [1.82, 2.24) is 20.0 Å². The lowest BCUT2D eigenvalue weighted by Gasteiger charge is -2.05. The molecular weight excluding hydrogens is 296 g/mol. The van der Waals surface area contributed by atoms with Crippen molar-refractivity contribution in [2.45, 2.75) is 0 Å². The summed E-state index contributed by atoms with van der Waals surface area (Å²) in [6, 6.07) is 21.4. The number of aromatic nitrogens is 4. The lowest BCUT2D eigenvalue weighted by atomic mass is 10.1. The first-order valence-electron chi connectivity index (χ1n) is 6.85. The van der Waals surface area contributed by atoms with Gasteiger partial charge in [-0.15, -0.1) is 5.10 Å². The van der Waals surface area contributed by atoms with Crippen LogP contribution in [0, 0.1) is 0 Å². The number of pyridine rings is 1. The molecule has 2 aromatic carbocycles. The van der Waals surface area contributed by atoms with Gasteiger partial charge in [0, 0.05) is 10.6 Å². The third-order valence-electron chi connectivity index (χ3n) is 3.43. The lowest BCUT2D eigenvalue weighted by molar-refractivity contribution is 0.802. The zero-order valence-electron chi connectivity index (χ0n) is 11.5. The summed E-state index contributed by atoms with van der Waals surface area (Å²) in [4.78, 5) is 4.69. The van der Waals surface area contributed by atoms with Gasteiger partial charge in [0.05, 0.1) is 11.2 Å². The average Bonchev–Trinajstić information content (AvgIpc) is 2.99. The van der Waals surface area contributed by atoms with Gasteiger partial charge in [0.1, 0.15) is 5.52 Å². The van der Waals surface area contributed by atoms with Crippen molar-refractivity contribution in [3.05, 3.63) is 71.8 Å². The van der Waals surface area contributed by atoms with Gasteiger partial charge in [-0.1, -0.05) is 53.2 Å². The number of benzene rings is 2. The molecule has 0 unspecified atom stereocenters. The molecule has 0 aliphatic heterocycles. The smallest absolute Gasteiger partial charge is 0.156 e. The first-order valence-corrected chi connectivity index (χ1v) is 7.23. The molecule has 0 saturated heterocycles. The van der Waals surface area contributed by atoms with Crippen molar-refractivity contribution in [2.75, 3.05) is 0 Å². The molecule has 4 nitrogen and oxygen atoms in total. The monoisotopic (exact) mass is 306 g/mol. The lowest BCUT2D eigenvalue weighted by Crippen LogP contribution is -2.00. The fourth-order valence-electron chi connectivity index (χ4n) is 2.38. The summed E-state index contributed by atoms with van der Waals surface area (Å²) in [6.07, 6.45) is 0.